The minimum Gasteiger partial charge on any atom is -0.379 e. The van der Waals surface area contributed by atoms with Crippen LogP contribution in [0.1, 0.15) is 25.7 Å². The van der Waals surface area contributed by atoms with Crippen molar-refractivity contribution in [3.8, 4) is 11.1 Å². The van der Waals surface area contributed by atoms with Crippen molar-refractivity contribution >= 4 is 22.9 Å². The number of anilines is 1. The number of urea groups is 1. The molecule has 3 aromatic rings. The zero-order valence-electron chi connectivity index (χ0n) is 18.2. The van der Waals surface area contributed by atoms with E-state index in [9.17, 15) is 4.79 Å². The number of hydrogen-bond acceptors (Lipinski definition) is 6. The van der Waals surface area contributed by atoms with Gasteiger partial charge in [0, 0.05) is 49.2 Å². The average Bonchev–Trinajstić information content (AvgIpc) is 3.50. The topological polar surface area (TPSA) is 97.2 Å². The van der Waals surface area contributed by atoms with Crippen molar-refractivity contribution in [2.24, 2.45) is 0 Å². The Hall–Kier alpha value is -3.04. The van der Waals surface area contributed by atoms with Crippen LogP contribution >= 0.6 is 0 Å². The summed E-state index contributed by atoms with van der Waals surface area (Å²) < 4.78 is 7.37. The number of aromatic nitrogens is 4. The molecule has 2 amide bonds. The molecular formula is C23H29N7O2. The maximum Gasteiger partial charge on any atom is 0.320 e. The van der Waals surface area contributed by atoms with Gasteiger partial charge in [-0.15, -0.1) is 0 Å². The van der Waals surface area contributed by atoms with Crippen LogP contribution in [-0.4, -0.2) is 69.6 Å². The van der Waals surface area contributed by atoms with Crippen molar-refractivity contribution in [2.45, 2.75) is 38.3 Å². The van der Waals surface area contributed by atoms with E-state index in [2.05, 4.69) is 30.6 Å². The van der Waals surface area contributed by atoms with E-state index in [-0.39, 0.29) is 12.1 Å². The first kappa shape index (κ1) is 20.8. The standard InChI is InChI=1S/C23H29N7O2/c31-23(26-19-3-1-2-4-19)28-22-6-5-20-21(27-22)13-17(14-24-20)18-15-25-30(16-18)8-7-29-9-11-32-12-10-29/h5-6,13-16,19H,1-4,7-12H2,(H2,26,27,28,31). The highest BCUT2D eigenvalue weighted by Gasteiger charge is 2.17. The summed E-state index contributed by atoms with van der Waals surface area (Å²) in [4.78, 5) is 23.8. The lowest BCUT2D eigenvalue weighted by Gasteiger charge is -2.26. The summed E-state index contributed by atoms with van der Waals surface area (Å²) in [6.07, 6.45) is 10.2. The average molecular weight is 436 g/mol. The van der Waals surface area contributed by atoms with Crippen LogP contribution in [0.4, 0.5) is 10.6 Å². The Labute approximate surface area is 187 Å². The van der Waals surface area contributed by atoms with Gasteiger partial charge in [0.15, 0.2) is 0 Å². The lowest BCUT2D eigenvalue weighted by Crippen LogP contribution is -2.38. The van der Waals surface area contributed by atoms with Crippen molar-refractivity contribution < 1.29 is 9.53 Å². The summed E-state index contributed by atoms with van der Waals surface area (Å²) in [6.45, 7) is 5.36. The Morgan fingerprint density at radius 3 is 2.75 bits per heavy atom. The molecular weight excluding hydrogens is 406 g/mol. The van der Waals surface area contributed by atoms with E-state index in [1.165, 1.54) is 12.8 Å². The van der Waals surface area contributed by atoms with Gasteiger partial charge in [-0.2, -0.15) is 5.10 Å². The fraction of sp³-hybridized carbons (Fsp3) is 0.478. The number of rotatable bonds is 6. The van der Waals surface area contributed by atoms with Gasteiger partial charge < -0.3 is 10.1 Å². The number of hydrogen-bond donors (Lipinski definition) is 2. The van der Waals surface area contributed by atoms with Crippen LogP contribution < -0.4 is 10.6 Å². The summed E-state index contributed by atoms with van der Waals surface area (Å²) in [5.41, 5.74) is 3.48. The van der Waals surface area contributed by atoms with Crippen LogP contribution in [0, 0.1) is 0 Å². The van der Waals surface area contributed by atoms with Crippen molar-refractivity contribution in [1.82, 2.24) is 30.0 Å². The quantitative estimate of drug-likeness (QED) is 0.618. The first-order valence-corrected chi connectivity index (χ1v) is 11.4. The van der Waals surface area contributed by atoms with Gasteiger partial charge in [-0.3, -0.25) is 19.9 Å². The minimum absolute atomic E-state index is 0.200. The van der Waals surface area contributed by atoms with Gasteiger partial charge in [-0.05, 0) is 31.0 Å². The van der Waals surface area contributed by atoms with Crippen LogP contribution in [0.15, 0.2) is 36.8 Å². The molecule has 4 heterocycles. The number of carbonyl (C=O) groups is 1. The molecule has 3 aromatic heterocycles. The molecule has 1 aliphatic carbocycles. The van der Waals surface area contributed by atoms with Crippen molar-refractivity contribution in [3.63, 3.8) is 0 Å². The van der Waals surface area contributed by atoms with Crippen LogP contribution in [-0.2, 0) is 11.3 Å². The summed E-state index contributed by atoms with van der Waals surface area (Å²) in [5, 5.41) is 10.4. The summed E-state index contributed by atoms with van der Waals surface area (Å²) >= 11 is 0. The number of morpholine rings is 1. The third-order valence-corrected chi connectivity index (χ3v) is 6.18. The molecule has 0 unspecified atom stereocenters. The number of pyridine rings is 2. The first-order valence-electron chi connectivity index (χ1n) is 11.4. The van der Waals surface area contributed by atoms with E-state index in [1.54, 1.807) is 6.07 Å². The number of ether oxygens (including phenoxy) is 1. The van der Waals surface area contributed by atoms with Gasteiger partial charge in [-0.25, -0.2) is 9.78 Å². The van der Waals surface area contributed by atoms with Gasteiger partial charge in [0.05, 0.1) is 37.0 Å². The van der Waals surface area contributed by atoms with Crippen molar-refractivity contribution in [2.75, 3.05) is 38.2 Å². The predicted octanol–water partition coefficient (Wildman–Crippen LogP) is 2.89. The van der Waals surface area contributed by atoms with E-state index in [4.69, 9.17) is 4.74 Å². The Kier molecular flexibility index (Phi) is 6.27. The lowest BCUT2D eigenvalue weighted by atomic mass is 10.1. The highest BCUT2D eigenvalue weighted by atomic mass is 16.5. The van der Waals surface area contributed by atoms with Crippen LogP contribution in [0.5, 0.6) is 0 Å². The molecule has 0 spiro atoms. The van der Waals surface area contributed by atoms with E-state index in [1.807, 2.05) is 35.4 Å². The summed E-state index contributed by atoms with van der Waals surface area (Å²) in [7, 11) is 0. The van der Waals surface area contributed by atoms with E-state index in [0.717, 1.165) is 74.4 Å². The smallest absolute Gasteiger partial charge is 0.320 e. The van der Waals surface area contributed by atoms with Crippen LogP contribution in [0.2, 0.25) is 0 Å². The molecule has 2 aliphatic rings. The molecule has 0 atom stereocenters. The molecule has 0 radical (unpaired) electrons. The largest absolute Gasteiger partial charge is 0.379 e. The fourth-order valence-corrected chi connectivity index (χ4v) is 4.35. The first-order chi connectivity index (χ1) is 15.7. The SMILES string of the molecule is O=C(Nc1ccc2ncc(-c3cnn(CCN4CCOCC4)c3)cc2n1)NC1CCCC1. The van der Waals surface area contributed by atoms with Gasteiger partial charge in [0.2, 0.25) is 0 Å². The number of nitrogens with one attached hydrogen (secondary N) is 2. The summed E-state index contributed by atoms with van der Waals surface area (Å²) in [5.74, 6) is 0.521. The second-order valence-corrected chi connectivity index (χ2v) is 8.48. The van der Waals surface area contributed by atoms with Crippen LogP contribution in [0.3, 0.4) is 0 Å². The third-order valence-electron chi connectivity index (χ3n) is 6.18. The molecule has 1 saturated heterocycles. The van der Waals surface area contributed by atoms with E-state index < -0.39 is 0 Å². The van der Waals surface area contributed by atoms with Gasteiger partial charge in [0.1, 0.15) is 5.82 Å². The Morgan fingerprint density at radius 2 is 1.91 bits per heavy atom. The van der Waals surface area contributed by atoms with Crippen molar-refractivity contribution in [1.29, 1.82) is 0 Å². The minimum atomic E-state index is -0.200. The van der Waals surface area contributed by atoms with Crippen molar-refractivity contribution in [3.05, 3.63) is 36.8 Å². The molecule has 1 aliphatic heterocycles. The monoisotopic (exact) mass is 435 g/mol. The number of amides is 2. The highest BCUT2D eigenvalue weighted by molar-refractivity contribution is 5.90. The number of carbonyl (C=O) groups excluding carboxylic acids is 1. The Morgan fingerprint density at radius 1 is 1.06 bits per heavy atom. The summed E-state index contributed by atoms with van der Waals surface area (Å²) in [6, 6.07) is 5.72. The highest BCUT2D eigenvalue weighted by Crippen LogP contribution is 2.23. The number of fused-ring (bicyclic) bond motifs is 1. The molecule has 5 rings (SSSR count). The van der Waals surface area contributed by atoms with Gasteiger partial charge in [-0.1, -0.05) is 12.8 Å². The lowest BCUT2D eigenvalue weighted by molar-refractivity contribution is 0.0360. The molecule has 168 valence electrons. The zero-order chi connectivity index (χ0) is 21.8. The molecule has 2 fully saturated rings. The van der Waals surface area contributed by atoms with E-state index in [0.29, 0.717) is 5.82 Å². The number of nitrogens with zero attached hydrogens (tertiary/aromatic N) is 5. The second kappa shape index (κ2) is 9.62. The fourth-order valence-electron chi connectivity index (χ4n) is 4.35. The van der Waals surface area contributed by atoms with E-state index >= 15 is 0 Å². The Balaban J connectivity index is 1.25. The maximum atomic E-state index is 12.3. The maximum absolute atomic E-state index is 12.3. The van der Waals surface area contributed by atoms with Gasteiger partial charge >= 0.3 is 6.03 Å². The predicted molar refractivity (Wildman–Crippen MR) is 122 cm³/mol. The molecule has 1 saturated carbocycles. The molecule has 9 heteroatoms. The third kappa shape index (κ3) is 5.05. The molecule has 2 N–H and O–H groups in total. The zero-order valence-corrected chi connectivity index (χ0v) is 18.2. The molecule has 0 bridgehead atoms. The Bertz CT molecular complexity index is 1070. The normalized spacial score (nSPS) is 17.6. The molecule has 9 nitrogen and oxygen atoms in total. The molecule has 0 aromatic carbocycles. The molecule has 32 heavy (non-hydrogen) atoms. The van der Waals surface area contributed by atoms with Crippen LogP contribution in [0.25, 0.3) is 22.2 Å². The van der Waals surface area contributed by atoms with Gasteiger partial charge in [0.25, 0.3) is 0 Å². The second-order valence-electron chi connectivity index (χ2n) is 8.48.